The number of aromatic nitrogens is 1. The highest BCUT2D eigenvalue weighted by Crippen LogP contribution is 2.32. The van der Waals surface area contributed by atoms with Gasteiger partial charge in [-0.1, -0.05) is 54.6 Å². The second kappa shape index (κ2) is 17.2. The molecule has 0 aliphatic rings. The molecule has 0 bridgehead atoms. The molecule has 276 valence electrons. The van der Waals surface area contributed by atoms with Crippen molar-refractivity contribution in [1.82, 2.24) is 14.8 Å². The Kier molecular flexibility index (Phi) is 13.1. The number of nitrogens with two attached hydrogens (primary N) is 1. The third kappa shape index (κ3) is 9.70. The molecule has 0 fully saturated rings. The number of carbonyl (C=O) groups excluding carboxylic acids is 2. The molecular formula is C38H44N4O8S2. The molecule has 0 unspecified atom stereocenters. The first kappa shape index (κ1) is 39.4. The van der Waals surface area contributed by atoms with Gasteiger partial charge in [-0.3, -0.25) is 0 Å². The maximum absolute atomic E-state index is 13.1. The number of benzene rings is 4. The number of nitrogens with one attached hydrogen (secondary N) is 1. The molecule has 1 heterocycles. The minimum Gasteiger partial charge on any atom is -0.453 e. The van der Waals surface area contributed by atoms with E-state index in [0.29, 0.717) is 53.2 Å². The average Bonchev–Trinajstić information content (AvgIpc) is 3.49. The van der Waals surface area contributed by atoms with E-state index in [1.165, 1.54) is 24.0 Å². The number of nitrogens with zero attached hydrogens (tertiary/aromatic N) is 2. The van der Waals surface area contributed by atoms with Crippen LogP contribution in [0.4, 0.5) is 15.3 Å². The van der Waals surface area contributed by atoms with E-state index < -0.39 is 31.9 Å². The fourth-order valence-electron chi connectivity index (χ4n) is 5.51. The van der Waals surface area contributed by atoms with Crippen molar-refractivity contribution in [3.63, 3.8) is 0 Å². The zero-order chi connectivity index (χ0) is 38.1. The molecule has 5 aromatic rings. The number of amides is 2. The first-order valence-corrected chi connectivity index (χ1v) is 19.5. The van der Waals surface area contributed by atoms with Gasteiger partial charge in [0, 0.05) is 49.5 Å². The number of hydrogen-bond acceptors (Lipinski definition) is 9. The lowest BCUT2D eigenvalue weighted by Crippen LogP contribution is -2.28. The van der Waals surface area contributed by atoms with Crippen molar-refractivity contribution in [2.75, 3.05) is 47.1 Å². The minimum atomic E-state index is -3.63. The van der Waals surface area contributed by atoms with Gasteiger partial charge in [0.15, 0.2) is 9.84 Å². The van der Waals surface area contributed by atoms with Crippen LogP contribution in [0.3, 0.4) is 0 Å². The van der Waals surface area contributed by atoms with E-state index >= 15 is 0 Å². The quantitative estimate of drug-likeness (QED) is 0.153. The van der Waals surface area contributed by atoms with Gasteiger partial charge in [-0.25, -0.2) is 26.4 Å². The Morgan fingerprint density at radius 2 is 1.21 bits per heavy atom. The number of anilines is 1. The first-order chi connectivity index (χ1) is 24.7. The van der Waals surface area contributed by atoms with E-state index in [1.807, 2.05) is 24.3 Å². The van der Waals surface area contributed by atoms with Crippen molar-refractivity contribution in [2.45, 2.75) is 40.2 Å². The number of ether oxygens (including phenoxy) is 2. The standard InChI is InChI=1S/C20H22N2O4S.C18H22N2O4S/c1-14-19(27(24,25)16-7-5-4-6-8-16)17-13-15(9-10-18(17)21-14)11-12-22(2)20(23)26-3;1-20(18(21)24-2)11-10-14-8-9-17(19)15(12-14)13-25(22,23)16-6-4-3-5-7-16/h4-10,13,21H,11-12H2,1-3H3;3-9,12H,10-11,13,19H2,1-2H3. The topological polar surface area (TPSA) is 169 Å². The van der Waals surface area contributed by atoms with Crippen LogP contribution in [0.25, 0.3) is 10.9 Å². The zero-order valence-corrected chi connectivity index (χ0v) is 31.5. The number of likely N-dealkylation sites (N-methyl/N-ethyl adjacent to an activating group) is 2. The molecular weight excluding hydrogens is 705 g/mol. The van der Waals surface area contributed by atoms with Gasteiger partial charge < -0.3 is 30.0 Å². The fraction of sp³-hybridized carbons (Fsp3) is 0.263. The van der Waals surface area contributed by atoms with Crippen LogP contribution in [0.2, 0.25) is 0 Å². The molecule has 1 aromatic heterocycles. The summed E-state index contributed by atoms with van der Waals surface area (Å²) in [6.45, 7) is 2.70. The molecule has 0 saturated heterocycles. The Labute approximate surface area is 305 Å². The molecule has 4 aromatic carbocycles. The number of fused-ring (bicyclic) bond motifs is 1. The lowest BCUT2D eigenvalue weighted by Gasteiger charge is -2.16. The highest BCUT2D eigenvalue weighted by atomic mass is 32.2. The van der Waals surface area contributed by atoms with E-state index in [0.717, 1.165) is 16.6 Å². The molecule has 0 spiro atoms. The van der Waals surface area contributed by atoms with Gasteiger partial charge in [-0.05, 0) is 78.9 Å². The summed E-state index contributed by atoms with van der Waals surface area (Å²) in [5.74, 6) is -0.163. The van der Waals surface area contributed by atoms with Crippen LogP contribution in [0.15, 0.2) is 112 Å². The van der Waals surface area contributed by atoms with Gasteiger partial charge in [-0.2, -0.15) is 0 Å². The van der Waals surface area contributed by atoms with Gasteiger partial charge in [-0.15, -0.1) is 0 Å². The molecule has 3 N–H and O–H groups in total. The molecule has 5 rings (SSSR count). The van der Waals surface area contributed by atoms with Crippen molar-refractivity contribution in [3.8, 4) is 0 Å². The summed E-state index contributed by atoms with van der Waals surface area (Å²) in [7, 11) is -1.12. The van der Waals surface area contributed by atoms with Gasteiger partial charge >= 0.3 is 12.2 Å². The molecule has 0 aliphatic heterocycles. The maximum Gasteiger partial charge on any atom is 0.409 e. The van der Waals surface area contributed by atoms with Crippen molar-refractivity contribution < 1.29 is 35.9 Å². The van der Waals surface area contributed by atoms with E-state index in [9.17, 15) is 26.4 Å². The lowest BCUT2D eigenvalue weighted by atomic mass is 10.1. The van der Waals surface area contributed by atoms with Crippen LogP contribution < -0.4 is 5.73 Å². The van der Waals surface area contributed by atoms with Crippen LogP contribution in [-0.2, 0) is 47.7 Å². The second-order valence-corrected chi connectivity index (χ2v) is 16.0. The van der Waals surface area contributed by atoms with Gasteiger partial charge in [0.2, 0.25) is 9.84 Å². The first-order valence-electron chi connectivity index (χ1n) is 16.3. The number of sulfone groups is 2. The third-order valence-electron chi connectivity index (χ3n) is 8.41. The number of hydrogen-bond donors (Lipinski definition) is 2. The minimum absolute atomic E-state index is 0.163. The summed E-state index contributed by atoms with van der Waals surface area (Å²) in [6.07, 6.45) is 0.351. The van der Waals surface area contributed by atoms with Crippen LogP contribution in [0.1, 0.15) is 22.4 Å². The highest BCUT2D eigenvalue weighted by Gasteiger charge is 2.25. The normalized spacial score (nSPS) is 11.3. The van der Waals surface area contributed by atoms with E-state index in [2.05, 4.69) is 14.5 Å². The number of aromatic amines is 1. The summed E-state index contributed by atoms with van der Waals surface area (Å²) in [6, 6.07) is 27.7. The Morgan fingerprint density at radius 1 is 0.712 bits per heavy atom. The predicted octanol–water partition coefficient (Wildman–Crippen LogP) is 6.03. The second-order valence-electron chi connectivity index (χ2n) is 12.2. The van der Waals surface area contributed by atoms with Crippen LogP contribution in [0, 0.1) is 6.92 Å². The zero-order valence-electron chi connectivity index (χ0n) is 29.8. The summed E-state index contributed by atoms with van der Waals surface area (Å²) >= 11 is 0. The maximum atomic E-state index is 13.1. The summed E-state index contributed by atoms with van der Waals surface area (Å²) < 4.78 is 60.7. The molecule has 0 radical (unpaired) electrons. The van der Waals surface area contributed by atoms with Gasteiger partial charge in [0.25, 0.3) is 0 Å². The highest BCUT2D eigenvalue weighted by molar-refractivity contribution is 7.91. The smallest absolute Gasteiger partial charge is 0.409 e. The molecule has 52 heavy (non-hydrogen) atoms. The third-order valence-corrected chi connectivity index (χ3v) is 12.1. The Balaban J connectivity index is 0.000000234. The summed E-state index contributed by atoms with van der Waals surface area (Å²) in [5, 5.41) is 0.662. The lowest BCUT2D eigenvalue weighted by molar-refractivity contribution is 0.133. The SMILES string of the molecule is COC(=O)N(C)CCc1ccc(N)c(CS(=O)(=O)c2ccccc2)c1.COC(=O)N(C)CCc1ccc2[nH]c(C)c(S(=O)(=O)c3ccccc3)c2c1. The molecule has 0 atom stereocenters. The monoisotopic (exact) mass is 748 g/mol. The van der Waals surface area contributed by atoms with Crippen LogP contribution in [-0.4, -0.2) is 85.2 Å². The number of rotatable bonds is 11. The Hall–Kier alpha value is -5.34. The molecule has 0 saturated carbocycles. The summed E-state index contributed by atoms with van der Waals surface area (Å²) in [5.41, 5.74) is 10.2. The average molecular weight is 749 g/mol. The van der Waals surface area contributed by atoms with Crippen molar-refractivity contribution in [1.29, 1.82) is 0 Å². The van der Waals surface area contributed by atoms with E-state index in [1.54, 1.807) is 93.8 Å². The van der Waals surface area contributed by atoms with Crippen molar-refractivity contribution in [3.05, 3.63) is 119 Å². The van der Waals surface area contributed by atoms with E-state index in [4.69, 9.17) is 5.73 Å². The number of methoxy groups -OCH3 is 2. The molecule has 0 aliphatic carbocycles. The van der Waals surface area contributed by atoms with Gasteiger partial charge in [0.1, 0.15) is 0 Å². The number of carbonyl (C=O) groups is 2. The number of H-pyrrole nitrogens is 1. The van der Waals surface area contributed by atoms with Crippen LogP contribution in [0.5, 0.6) is 0 Å². The van der Waals surface area contributed by atoms with Crippen LogP contribution >= 0.6 is 0 Å². The molecule has 2 amide bonds. The van der Waals surface area contributed by atoms with Gasteiger partial charge in [0.05, 0.1) is 34.7 Å². The Morgan fingerprint density at radius 3 is 1.75 bits per heavy atom. The van der Waals surface area contributed by atoms with Crippen molar-refractivity contribution >= 4 is 48.5 Å². The largest absolute Gasteiger partial charge is 0.453 e. The van der Waals surface area contributed by atoms with E-state index in [-0.39, 0.29) is 15.5 Å². The van der Waals surface area contributed by atoms with Crippen molar-refractivity contribution in [2.24, 2.45) is 0 Å². The molecule has 12 nitrogen and oxygen atoms in total. The number of aryl methyl sites for hydroxylation is 1. The molecule has 14 heteroatoms. The fourth-order valence-corrected chi connectivity index (χ4v) is 8.57. The summed E-state index contributed by atoms with van der Waals surface area (Å²) in [4.78, 5) is 29.8. The Bertz CT molecular complexity index is 2220. The predicted molar refractivity (Wildman–Crippen MR) is 201 cm³/mol. The number of nitrogen functional groups attached to an aromatic ring is 1.